The molecule has 0 spiro atoms. The largest absolute Gasteiger partial charge is 0.360 e. The first-order chi connectivity index (χ1) is 11.2. The predicted octanol–water partition coefficient (Wildman–Crippen LogP) is 1.89. The summed E-state index contributed by atoms with van der Waals surface area (Å²) in [6.07, 6.45) is 1.74. The summed E-state index contributed by atoms with van der Waals surface area (Å²) in [6.45, 7) is 9.82. The van der Waals surface area contributed by atoms with E-state index in [1.807, 2.05) is 16.8 Å². The van der Waals surface area contributed by atoms with Gasteiger partial charge in [0.25, 0.3) is 0 Å². The van der Waals surface area contributed by atoms with Crippen molar-refractivity contribution in [2.75, 3.05) is 32.0 Å². The van der Waals surface area contributed by atoms with Crippen molar-refractivity contribution in [1.29, 1.82) is 0 Å². The lowest BCUT2D eigenvalue weighted by molar-refractivity contribution is -0.141. The molecule has 0 bridgehead atoms. The topological polar surface area (TPSA) is 78.7 Å². The van der Waals surface area contributed by atoms with Gasteiger partial charge < -0.3 is 14.7 Å². The van der Waals surface area contributed by atoms with Gasteiger partial charge in [0.2, 0.25) is 11.8 Å². The number of aromatic nitrogens is 1. The fraction of sp³-hybridized carbons (Fsp3) is 0.706. The number of aryl methyl sites for hydroxylation is 1. The third-order valence-corrected chi connectivity index (χ3v) is 3.99. The molecule has 1 unspecified atom stereocenters. The summed E-state index contributed by atoms with van der Waals surface area (Å²) in [6, 6.07) is 1.42. The average molecular weight is 336 g/mol. The first-order valence-corrected chi connectivity index (χ1v) is 8.38. The van der Waals surface area contributed by atoms with E-state index < -0.39 is 0 Å². The molecule has 1 aromatic heterocycles. The lowest BCUT2D eigenvalue weighted by Crippen LogP contribution is -2.54. The summed E-state index contributed by atoms with van der Waals surface area (Å²) < 4.78 is 4.93. The van der Waals surface area contributed by atoms with Crippen LogP contribution < -0.4 is 5.32 Å². The Morgan fingerprint density at radius 2 is 2.21 bits per heavy atom. The van der Waals surface area contributed by atoms with Crippen LogP contribution in [0.15, 0.2) is 10.6 Å². The molecule has 7 nitrogen and oxygen atoms in total. The maximum atomic E-state index is 12.7. The van der Waals surface area contributed by atoms with E-state index in [0.29, 0.717) is 11.6 Å². The Labute approximate surface area is 143 Å². The second-order valence-corrected chi connectivity index (χ2v) is 7.76. The normalized spacial score (nSPS) is 19.0. The van der Waals surface area contributed by atoms with E-state index in [0.717, 1.165) is 25.9 Å². The van der Waals surface area contributed by atoms with E-state index in [1.54, 1.807) is 13.0 Å². The van der Waals surface area contributed by atoms with Crippen LogP contribution in [0.4, 0.5) is 5.82 Å². The first kappa shape index (κ1) is 18.4. The Morgan fingerprint density at radius 1 is 1.50 bits per heavy atom. The molecule has 2 heterocycles. The summed E-state index contributed by atoms with van der Waals surface area (Å²) in [7, 11) is 1.82. The van der Waals surface area contributed by atoms with Gasteiger partial charge in [-0.3, -0.25) is 14.5 Å². The zero-order valence-corrected chi connectivity index (χ0v) is 15.3. The maximum Gasteiger partial charge on any atom is 0.239 e. The second-order valence-electron chi connectivity index (χ2n) is 7.76. The lowest BCUT2D eigenvalue weighted by atomic mass is 9.93. The predicted molar refractivity (Wildman–Crippen MR) is 91.6 cm³/mol. The Bertz CT molecular complexity index is 591. The third kappa shape index (κ3) is 5.06. The van der Waals surface area contributed by atoms with E-state index in [1.165, 1.54) is 0 Å². The van der Waals surface area contributed by atoms with Crippen LogP contribution in [0.2, 0.25) is 0 Å². The summed E-state index contributed by atoms with van der Waals surface area (Å²) in [5.41, 5.74) is 0.0678. The molecule has 1 N–H and O–H groups in total. The zero-order chi connectivity index (χ0) is 17.9. The van der Waals surface area contributed by atoms with Gasteiger partial charge in [0.15, 0.2) is 5.82 Å². The van der Waals surface area contributed by atoms with Crippen LogP contribution >= 0.6 is 0 Å². The van der Waals surface area contributed by atoms with Gasteiger partial charge in [0, 0.05) is 19.2 Å². The van der Waals surface area contributed by atoms with Crippen molar-refractivity contribution in [3.05, 3.63) is 11.8 Å². The monoisotopic (exact) mass is 336 g/mol. The van der Waals surface area contributed by atoms with E-state index >= 15 is 0 Å². The molecule has 2 amide bonds. The van der Waals surface area contributed by atoms with Gasteiger partial charge >= 0.3 is 0 Å². The summed E-state index contributed by atoms with van der Waals surface area (Å²) in [5, 5.41) is 6.43. The number of hydrogen-bond donors (Lipinski definition) is 1. The Kier molecular flexibility index (Phi) is 5.64. The molecule has 1 aromatic rings. The highest BCUT2D eigenvalue weighted by molar-refractivity contribution is 5.92. The van der Waals surface area contributed by atoms with Gasteiger partial charge in [-0.25, -0.2) is 0 Å². The van der Waals surface area contributed by atoms with Crippen LogP contribution in [0, 0.1) is 12.3 Å². The zero-order valence-electron chi connectivity index (χ0n) is 15.3. The van der Waals surface area contributed by atoms with Crippen molar-refractivity contribution in [2.45, 2.75) is 46.6 Å². The molecule has 1 aliphatic rings. The maximum absolute atomic E-state index is 12.7. The van der Waals surface area contributed by atoms with Crippen LogP contribution in [0.1, 0.15) is 39.4 Å². The van der Waals surface area contributed by atoms with Crippen LogP contribution in [0.25, 0.3) is 0 Å². The number of carbonyl (C=O) groups excluding carboxylic acids is 2. The van der Waals surface area contributed by atoms with Crippen LogP contribution in [-0.2, 0) is 9.59 Å². The Hall–Kier alpha value is -1.89. The van der Waals surface area contributed by atoms with Gasteiger partial charge in [0.1, 0.15) is 5.76 Å². The lowest BCUT2D eigenvalue weighted by Gasteiger charge is -2.39. The van der Waals surface area contributed by atoms with Gasteiger partial charge in [0.05, 0.1) is 12.6 Å². The fourth-order valence-corrected chi connectivity index (χ4v) is 3.00. The minimum Gasteiger partial charge on any atom is -0.360 e. The first-order valence-electron chi connectivity index (χ1n) is 8.38. The van der Waals surface area contributed by atoms with Crippen molar-refractivity contribution in [3.8, 4) is 0 Å². The molecular formula is C17H28N4O3. The molecular weight excluding hydrogens is 308 g/mol. The number of nitrogens with zero attached hydrogens (tertiary/aromatic N) is 3. The second kappa shape index (κ2) is 7.34. The van der Waals surface area contributed by atoms with E-state index in [-0.39, 0.29) is 29.8 Å². The molecule has 0 aliphatic carbocycles. The molecule has 1 atom stereocenters. The molecule has 134 valence electrons. The molecule has 0 aromatic carbocycles. The molecule has 2 rings (SSSR count). The number of carbonyl (C=O) groups is 2. The molecule has 24 heavy (non-hydrogen) atoms. The van der Waals surface area contributed by atoms with Crippen molar-refractivity contribution in [3.63, 3.8) is 0 Å². The molecule has 1 fully saturated rings. The number of piperidine rings is 1. The Morgan fingerprint density at radius 3 is 2.79 bits per heavy atom. The highest BCUT2D eigenvalue weighted by Crippen LogP contribution is 2.22. The fourth-order valence-electron chi connectivity index (χ4n) is 3.00. The van der Waals surface area contributed by atoms with E-state index in [2.05, 4.69) is 31.2 Å². The highest BCUT2D eigenvalue weighted by atomic mass is 16.5. The van der Waals surface area contributed by atoms with Gasteiger partial charge in [-0.2, -0.15) is 0 Å². The van der Waals surface area contributed by atoms with Gasteiger partial charge in [-0.15, -0.1) is 0 Å². The SMILES string of the molecule is Cc1cc(NC(=O)CN(C)C2CCCN(CC(C)(C)C)C2=O)no1. The summed E-state index contributed by atoms with van der Waals surface area (Å²) in [4.78, 5) is 28.6. The van der Waals surface area contributed by atoms with E-state index in [9.17, 15) is 9.59 Å². The third-order valence-electron chi connectivity index (χ3n) is 3.99. The molecule has 0 radical (unpaired) electrons. The smallest absolute Gasteiger partial charge is 0.239 e. The van der Waals surface area contributed by atoms with Gasteiger partial charge in [-0.05, 0) is 32.2 Å². The number of anilines is 1. The molecule has 0 saturated carbocycles. The molecule has 7 heteroatoms. The molecule has 1 aliphatic heterocycles. The quantitative estimate of drug-likeness (QED) is 0.888. The van der Waals surface area contributed by atoms with Gasteiger partial charge in [-0.1, -0.05) is 25.9 Å². The van der Waals surface area contributed by atoms with Crippen molar-refractivity contribution in [1.82, 2.24) is 15.0 Å². The number of likely N-dealkylation sites (tertiary alicyclic amines) is 1. The van der Waals surface area contributed by atoms with Crippen molar-refractivity contribution < 1.29 is 14.1 Å². The average Bonchev–Trinajstić information content (AvgIpc) is 2.84. The number of rotatable bonds is 5. The number of likely N-dealkylation sites (N-methyl/N-ethyl adjacent to an activating group) is 1. The van der Waals surface area contributed by atoms with E-state index in [4.69, 9.17) is 4.52 Å². The van der Waals surface area contributed by atoms with Crippen molar-refractivity contribution in [2.24, 2.45) is 5.41 Å². The standard InChI is InChI=1S/C17H28N4O3/c1-12-9-14(19-24-12)18-15(22)10-20(5)13-7-6-8-21(16(13)23)11-17(2,3)4/h9,13H,6-8,10-11H2,1-5H3,(H,18,19,22). The number of amides is 2. The highest BCUT2D eigenvalue weighted by Gasteiger charge is 2.33. The summed E-state index contributed by atoms with van der Waals surface area (Å²) >= 11 is 0. The summed E-state index contributed by atoms with van der Waals surface area (Å²) in [5.74, 6) is 0.949. The van der Waals surface area contributed by atoms with Crippen LogP contribution in [-0.4, -0.2) is 59.5 Å². The minimum absolute atomic E-state index is 0.0678. The Balaban J connectivity index is 1.91. The minimum atomic E-state index is -0.245. The van der Waals surface area contributed by atoms with Crippen LogP contribution in [0.5, 0.6) is 0 Å². The van der Waals surface area contributed by atoms with Crippen LogP contribution in [0.3, 0.4) is 0 Å². The number of nitrogens with one attached hydrogen (secondary N) is 1. The van der Waals surface area contributed by atoms with Crippen molar-refractivity contribution >= 4 is 17.6 Å². The molecule has 1 saturated heterocycles. The number of hydrogen-bond acceptors (Lipinski definition) is 5.